The monoisotopic (exact) mass is 396 g/mol. The maximum Gasteiger partial charge on any atom is 0.312 e. The lowest BCUT2D eigenvalue weighted by Gasteiger charge is -2.58. The lowest BCUT2D eigenvalue weighted by Crippen LogP contribution is -2.56. The first-order valence-corrected chi connectivity index (χ1v) is 10.1. The van der Waals surface area contributed by atoms with Gasteiger partial charge < -0.3 is 14.2 Å². The van der Waals surface area contributed by atoms with Gasteiger partial charge in [-0.15, -0.1) is 11.6 Å². The Bertz CT molecular complexity index is 748. The van der Waals surface area contributed by atoms with Gasteiger partial charge in [0.15, 0.2) is 6.79 Å². The largest absolute Gasteiger partial charge is 0.467 e. The van der Waals surface area contributed by atoms with E-state index in [1.54, 1.807) is 0 Å². The van der Waals surface area contributed by atoms with Crippen molar-refractivity contribution in [1.82, 2.24) is 0 Å². The van der Waals surface area contributed by atoms with E-state index >= 15 is 0 Å². The van der Waals surface area contributed by atoms with Crippen molar-refractivity contribution in [3.05, 3.63) is 28.3 Å². The van der Waals surface area contributed by atoms with E-state index in [-0.39, 0.29) is 24.2 Å². The van der Waals surface area contributed by atoms with Gasteiger partial charge in [0.05, 0.1) is 12.0 Å². The van der Waals surface area contributed by atoms with Crippen LogP contribution in [0, 0.1) is 17.3 Å². The molecule has 4 saturated carbocycles. The maximum absolute atomic E-state index is 13.1. The molecule has 4 fully saturated rings. The van der Waals surface area contributed by atoms with Crippen LogP contribution in [0.4, 0.5) is 0 Å². The molecule has 0 radical (unpaired) electrons. The molecule has 0 unspecified atom stereocenters. The molecule has 5 aliphatic rings. The molecule has 0 spiro atoms. The van der Waals surface area contributed by atoms with Crippen LogP contribution in [-0.4, -0.2) is 17.6 Å². The van der Waals surface area contributed by atoms with Crippen molar-refractivity contribution < 1.29 is 19.0 Å². The van der Waals surface area contributed by atoms with E-state index in [1.807, 2.05) is 12.1 Å². The van der Waals surface area contributed by atoms with Crippen molar-refractivity contribution in [1.29, 1.82) is 0 Å². The summed E-state index contributed by atoms with van der Waals surface area (Å²) in [6.45, 7) is 0.838. The molecular formula is C20H22Cl2O4. The molecule has 1 aromatic rings. The van der Waals surface area contributed by atoms with Gasteiger partial charge in [0.25, 0.3) is 0 Å². The van der Waals surface area contributed by atoms with Gasteiger partial charge in [0.2, 0.25) is 0 Å². The Morgan fingerprint density at radius 3 is 2.73 bits per heavy atom. The quantitative estimate of drug-likeness (QED) is 0.542. The molecule has 1 heterocycles. The zero-order valence-corrected chi connectivity index (χ0v) is 16.1. The first-order chi connectivity index (χ1) is 12.4. The number of fused-ring (bicyclic) bond motifs is 1. The third-order valence-electron chi connectivity index (χ3n) is 6.53. The Balaban J connectivity index is 1.35. The van der Waals surface area contributed by atoms with Crippen molar-refractivity contribution in [2.75, 3.05) is 6.79 Å². The number of carbonyl (C=O) groups is 1. The molecule has 0 aromatic heterocycles. The van der Waals surface area contributed by atoms with Gasteiger partial charge in [-0.25, -0.2) is 0 Å². The summed E-state index contributed by atoms with van der Waals surface area (Å²) in [5.41, 5.74) is 1.30. The molecule has 140 valence electrons. The first-order valence-electron chi connectivity index (χ1n) is 9.33. The zero-order chi connectivity index (χ0) is 17.9. The van der Waals surface area contributed by atoms with Crippen LogP contribution < -0.4 is 4.74 Å². The second-order valence-corrected chi connectivity index (χ2v) is 9.87. The highest BCUT2D eigenvalue weighted by Gasteiger charge is 2.60. The van der Waals surface area contributed by atoms with Crippen LogP contribution in [0.3, 0.4) is 0 Å². The van der Waals surface area contributed by atoms with Crippen molar-refractivity contribution in [3.63, 3.8) is 0 Å². The normalized spacial score (nSPS) is 37.2. The highest BCUT2D eigenvalue weighted by molar-refractivity contribution is 6.30. The van der Waals surface area contributed by atoms with Crippen LogP contribution >= 0.6 is 23.2 Å². The van der Waals surface area contributed by atoms with Crippen LogP contribution in [0.5, 0.6) is 5.75 Å². The van der Waals surface area contributed by atoms with Gasteiger partial charge in [-0.05, 0) is 62.5 Å². The molecule has 4 nitrogen and oxygen atoms in total. The first kappa shape index (κ1) is 17.2. The molecule has 6 heteroatoms. The smallest absolute Gasteiger partial charge is 0.312 e. The Morgan fingerprint density at radius 2 is 2.00 bits per heavy atom. The van der Waals surface area contributed by atoms with Crippen molar-refractivity contribution in [2.24, 2.45) is 17.3 Å². The minimum Gasteiger partial charge on any atom is -0.467 e. The van der Waals surface area contributed by atoms with E-state index in [9.17, 15) is 4.79 Å². The zero-order valence-electron chi connectivity index (χ0n) is 14.6. The Morgan fingerprint density at radius 1 is 1.23 bits per heavy atom. The Hall–Kier alpha value is -0.970. The number of carbonyl (C=O) groups excluding carboxylic acids is 1. The van der Waals surface area contributed by atoms with Crippen molar-refractivity contribution in [2.45, 2.75) is 56.6 Å². The topological polar surface area (TPSA) is 44.8 Å². The van der Waals surface area contributed by atoms with Crippen LogP contribution in [0.2, 0.25) is 5.02 Å². The number of ether oxygens (including phenoxy) is 3. The maximum atomic E-state index is 13.1. The van der Waals surface area contributed by atoms with Gasteiger partial charge in [-0.2, -0.15) is 0 Å². The number of hydrogen-bond acceptors (Lipinski definition) is 4. The molecule has 4 bridgehead atoms. The molecule has 1 aromatic carbocycles. The number of hydrogen-bond donors (Lipinski definition) is 0. The minimum atomic E-state index is -0.394. The average molecular weight is 397 g/mol. The standard InChI is InChI=1S/C20H22Cl2O4/c21-16-2-14-8-24-11-26-17(14)15(3-16)9-25-18(23)19-4-12-1-13(5-19)7-20(22,6-12)10-19/h2-3,12-13H,1,4-11H2/t12-,13-,19?,20?/m1/s1. The Kier molecular flexibility index (Phi) is 3.97. The molecule has 6 rings (SSSR count). The lowest BCUT2D eigenvalue weighted by atomic mass is 9.49. The summed E-state index contributed by atoms with van der Waals surface area (Å²) in [6, 6.07) is 3.64. The average Bonchev–Trinajstić information content (AvgIpc) is 2.57. The van der Waals surface area contributed by atoms with Crippen molar-refractivity contribution in [3.8, 4) is 5.75 Å². The molecular weight excluding hydrogens is 375 g/mol. The fraction of sp³-hybridized carbons (Fsp3) is 0.650. The predicted molar refractivity (Wildman–Crippen MR) is 97.2 cm³/mol. The number of esters is 1. The number of alkyl halides is 1. The van der Waals surface area contributed by atoms with Crippen LogP contribution in [0.15, 0.2) is 12.1 Å². The van der Waals surface area contributed by atoms with E-state index in [0.29, 0.717) is 23.5 Å². The summed E-state index contributed by atoms with van der Waals surface area (Å²) in [5, 5.41) is 0.596. The summed E-state index contributed by atoms with van der Waals surface area (Å²) < 4.78 is 16.7. The van der Waals surface area contributed by atoms with Gasteiger partial charge >= 0.3 is 5.97 Å². The summed E-state index contributed by atoms with van der Waals surface area (Å²) in [7, 11) is 0. The molecule has 0 saturated heterocycles. The second-order valence-electron chi connectivity index (χ2n) is 8.63. The molecule has 0 amide bonds. The van der Waals surface area contributed by atoms with Crippen LogP contribution in [0.1, 0.15) is 49.7 Å². The van der Waals surface area contributed by atoms with Crippen LogP contribution in [0.25, 0.3) is 0 Å². The second kappa shape index (κ2) is 6.02. The molecule has 1 aliphatic heterocycles. The van der Waals surface area contributed by atoms with E-state index in [1.165, 1.54) is 6.42 Å². The molecule has 4 aliphatic carbocycles. The molecule has 0 N–H and O–H groups in total. The van der Waals surface area contributed by atoms with Gasteiger partial charge in [0.1, 0.15) is 12.4 Å². The third-order valence-corrected chi connectivity index (χ3v) is 7.19. The fourth-order valence-corrected chi connectivity index (χ4v) is 7.01. The Labute approximate surface area is 163 Å². The van der Waals surface area contributed by atoms with Crippen LogP contribution in [-0.2, 0) is 27.5 Å². The minimum absolute atomic E-state index is 0.0996. The number of rotatable bonds is 3. The highest BCUT2D eigenvalue weighted by Crippen LogP contribution is 2.64. The summed E-state index contributed by atoms with van der Waals surface area (Å²) in [6.07, 6.45) is 5.93. The van der Waals surface area contributed by atoms with Gasteiger partial charge in [-0.1, -0.05) is 11.6 Å². The highest BCUT2D eigenvalue weighted by atomic mass is 35.5. The summed E-state index contributed by atoms with van der Waals surface area (Å²) in [4.78, 5) is 12.9. The number of halogens is 2. The van der Waals surface area contributed by atoms with E-state index in [2.05, 4.69) is 0 Å². The SMILES string of the molecule is O=C(OCc1cc(Cl)cc2c1OCOC2)C12C[C@H]3C[C@@H](CC(Cl)(C3)C1)C2. The van der Waals surface area contributed by atoms with Crippen molar-refractivity contribution >= 4 is 29.2 Å². The van der Waals surface area contributed by atoms with E-state index in [0.717, 1.165) is 49.0 Å². The third kappa shape index (κ3) is 2.81. The van der Waals surface area contributed by atoms with Gasteiger partial charge in [0, 0.05) is 21.0 Å². The fourth-order valence-electron chi connectivity index (χ4n) is 6.05. The van der Waals surface area contributed by atoms with E-state index < -0.39 is 5.41 Å². The predicted octanol–water partition coefficient (Wildman–Crippen LogP) is 4.83. The number of benzene rings is 1. The van der Waals surface area contributed by atoms with Gasteiger partial charge in [-0.3, -0.25) is 4.79 Å². The summed E-state index contributed by atoms with van der Waals surface area (Å²) >= 11 is 13.0. The molecule has 2 atom stereocenters. The molecule has 26 heavy (non-hydrogen) atoms. The lowest BCUT2D eigenvalue weighted by molar-refractivity contribution is -0.171. The summed E-state index contributed by atoms with van der Waals surface area (Å²) in [5.74, 6) is 1.77. The van der Waals surface area contributed by atoms with E-state index in [4.69, 9.17) is 37.4 Å².